The molecular weight excluding hydrogens is 262 g/mol. The molecule has 1 atom stereocenters. The van der Waals surface area contributed by atoms with Crippen LogP contribution < -0.4 is 0 Å². The van der Waals surface area contributed by atoms with Crippen LogP contribution in [0.1, 0.15) is 38.6 Å². The molecule has 2 aromatic rings. The monoisotopic (exact) mass is 285 g/mol. The van der Waals surface area contributed by atoms with Gasteiger partial charge < -0.3 is 9.67 Å². The normalized spacial score (nSPS) is 18.6. The van der Waals surface area contributed by atoms with Gasteiger partial charge in [0, 0.05) is 31.1 Å². The van der Waals surface area contributed by atoms with Gasteiger partial charge in [0.25, 0.3) is 0 Å². The summed E-state index contributed by atoms with van der Waals surface area (Å²) in [7, 11) is 0. The van der Waals surface area contributed by atoms with Crippen molar-refractivity contribution in [2.24, 2.45) is 5.92 Å². The molecule has 1 aliphatic rings. The highest BCUT2D eigenvalue weighted by Crippen LogP contribution is 2.33. The van der Waals surface area contributed by atoms with Crippen LogP contribution in [0.4, 0.5) is 0 Å². The molecule has 2 heterocycles. The van der Waals surface area contributed by atoms with Crippen molar-refractivity contribution in [3.8, 4) is 11.4 Å². The van der Waals surface area contributed by atoms with Gasteiger partial charge in [-0.2, -0.15) is 0 Å². The van der Waals surface area contributed by atoms with E-state index in [0.717, 1.165) is 36.6 Å². The molecule has 0 aliphatic carbocycles. The van der Waals surface area contributed by atoms with E-state index in [1.54, 1.807) is 0 Å². The van der Waals surface area contributed by atoms with Gasteiger partial charge in [0.1, 0.15) is 5.82 Å². The number of aliphatic hydroxyl groups excluding tert-OH is 1. The summed E-state index contributed by atoms with van der Waals surface area (Å²) in [5, 5.41) is 18.2. The first kappa shape index (κ1) is 14.3. The fourth-order valence-electron chi connectivity index (χ4n) is 3.08. The van der Waals surface area contributed by atoms with Crippen molar-refractivity contribution in [2.45, 2.75) is 45.6 Å². The molecule has 21 heavy (non-hydrogen) atoms. The van der Waals surface area contributed by atoms with Crippen LogP contribution in [-0.4, -0.2) is 26.5 Å². The van der Waals surface area contributed by atoms with Crippen LogP contribution in [0.15, 0.2) is 24.3 Å². The van der Waals surface area contributed by atoms with E-state index < -0.39 is 0 Å². The van der Waals surface area contributed by atoms with Gasteiger partial charge in [-0.3, -0.25) is 0 Å². The van der Waals surface area contributed by atoms with Crippen LogP contribution in [0.5, 0.6) is 0 Å². The molecule has 4 heteroatoms. The van der Waals surface area contributed by atoms with Gasteiger partial charge in [-0.25, -0.2) is 0 Å². The maximum atomic E-state index is 9.45. The van der Waals surface area contributed by atoms with Crippen molar-refractivity contribution in [3.05, 3.63) is 35.7 Å². The van der Waals surface area contributed by atoms with Crippen LogP contribution in [0, 0.1) is 5.92 Å². The zero-order chi connectivity index (χ0) is 15.0. The Morgan fingerprint density at radius 3 is 2.71 bits per heavy atom. The van der Waals surface area contributed by atoms with E-state index in [-0.39, 0.29) is 12.0 Å². The molecule has 3 rings (SSSR count). The molecule has 0 saturated carbocycles. The van der Waals surface area contributed by atoms with Gasteiger partial charge >= 0.3 is 0 Å². The molecule has 4 nitrogen and oxygen atoms in total. The Morgan fingerprint density at radius 1 is 1.24 bits per heavy atom. The fraction of sp³-hybridized carbons (Fsp3) is 0.529. The Morgan fingerprint density at radius 2 is 2.00 bits per heavy atom. The highest BCUT2D eigenvalue weighted by molar-refractivity contribution is 5.62. The predicted molar refractivity (Wildman–Crippen MR) is 83.1 cm³/mol. The van der Waals surface area contributed by atoms with Gasteiger partial charge in [-0.05, 0) is 17.4 Å². The molecule has 0 bridgehead atoms. The first-order valence-corrected chi connectivity index (χ1v) is 7.63. The molecule has 1 aromatic heterocycles. The molecule has 112 valence electrons. The number of benzene rings is 1. The zero-order valence-corrected chi connectivity index (χ0v) is 13.0. The Hall–Kier alpha value is -1.68. The summed E-state index contributed by atoms with van der Waals surface area (Å²) in [4.78, 5) is 0. The van der Waals surface area contributed by atoms with Gasteiger partial charge in [0.15, 0.2) is 5.82 Å². The lowest BCUT2D eigenvalue weighted by atomic mass is 9.83. The van der Waals surface area contributed by atoms with Crippen LogP contribution in [0.2, 0.25) is 0 Å². The lowest BCUT2D eigenvalue weighted by Crippen LogP contribution is -2.24. The largest absolute Gasteiger partial charge is 0.396 e. The summed E-state index contributed by atoms with van der Waals surface area (Å²) in [6.45, 7) is 7.70. The molecular formula is C17H23N3O. The third-order valence-electron chi connectivity index (χ3n) is 4.28. The molecule has 0 fully saturated rings. The maximum Gasteiger partial charge on any atom is 0.164 e. The summed E-state index contributed by atoms with van der Waals surface area (Å²) in [5.41, 5.74) is 2.50. The SMILES string of the molecule is CC(C)(C)c1ccccc1-c1nnc2n1CC(CO)CC2. The molecule has 0 radical (unpaired) electrons. The minimum Gasteiger partial charge on any atom is -0.396 e. The van der Waals surface area contributed by atoms with Crippen molar-refractivity contribution in [1.82, 2.24) is 14.8 Å². The summed E-state index contributed by atoms with van der Waals surface area (Å²) in [6, 6.07) is 8.43. The zero-order valence-electron chi connectivity index (χ0n) is 13.0. The molecule has 1 unspecified atom stereocenters. The minimum absolute atomic E-state index is 0.0635. The van der Waals surface area contributed by atoms with Gasteiger partial charge in [-0.1, -0.05) is 45.0 Å². The van der Waals surface area contributed by atoms with Crippen molar-refractivity contribution >= 4 is 0 Å². The van der Waals surface area contributed by atoms with Gasteiger partial charge in [-0.15, -0.1) is 10.2 Å². The second-order valence-corrected chi connectivity index (χ2v) is 6.93. The number of aliphatic hydroxyl groups is 1. The summed E-state index contributed by atoms with van der Waals surface area (Å²) >= 11 is 0. The smallest absolute Gasteiger partial charge is 0.164 e. The van der Waals surface area contributed by atoms with Crippen LogP contribution in [-0.2, 0) is 18.4 Å². The van der Waals surface area contributed by atoms with E-state index >= 15 is 0 Å². The fourth-order valence-corrected chi connectivity index (χ4v) is 3.08. The highest BCUT2D eigenvalue weighted by atomic mass is 16.3. The molecule has 1 aliphatic heterocycles. The van der Waals surface area contributed by atoms with E-state index in [1.807, 2.05) is 0 Å². The summed E-state index contributed by atoms with van der Waals surface area (Å²) in [6.07, 6.45) is 1.89. The van der Waals surface area contributed by atoms with Crippen LogP contribution in [0.3, 0.4) is 0 Å². The van der Waals surface area contributed by atoms with Crippen molar-refractivity contribution < 1.29 is 5.11 Å². The second kappa shape index (κ2) is 5.26. The predicted octanol–water partition coefficient (Wildman–Crippen LogP) is 2.80. The maximum absolute atomic E-state index is 9.45. The number of rotatable bonds is 2. The number of aryl methyl sites for hydroxylation is 1. The first-order chi connectivity index (χ1) is 10.0. The van der Waals surface area contributed by atoms with E-state index in [2.05, 4.69) is 59.8 Å². The Bertz CT molecular complexity index is 640. The van der Waals surface area contributed by atoms with Crippen molar-refractivity contribution in [3.63, 3.8) is 0 Å². The lowest BCUT2D eigenvalue weighted by Gasteiger charge is -2.25. The molecule has 1 aromatic carbocycles. The first-order valence-electron chi connectivity index (χ1n) is 7.63. The lowest BCUT2D eigenvalue weighted by molar-refractivity contribution is 0.191. The van der Waals surface area contributed by atoms with E-state index in [0.29, 0.717) is 5.92 Å². The third kappa shape index (κ3) is 2.60. The molecule has 0 amide bonds. The van der Waals surface area contributed by atoms with E-state index in [4.69, 9.17) is 0 Å². The molecule has 0 spiro atoms. The topological polar surface area (TPSA) is 50.9 Å². The Balaban J connectivity index is 2.09. The number of hydrogen-bond acceptors (Lipinski definition) is 3. The average molecular weight is 285 g/mol. The number of hydrogen-bond donors (Lipinski definition) is 1. The molecule has 1 N–H and O–H groups in total. The van der Waals surface area contributed by atoms with Crippen molar-refractivity contribution in [2.75, 3.05) is 6.61 Å². The van der Waals surface area contributed by atoms with Crippen molar-refractivity contribution in [1.29, 1.82) is 0 Å². The standard InChI is InChI=1S/C17H23N3O/c1-17(2,3)14-7-5-4-6-13(14)16-19-18-15-9-8-12(11-21)10-20(15)16/h4-7,12,21H,8-11H2,1-3H3. The highest BCUT2D eigenvalue weighted by Gasteiger charge is 2.26. The van der Waals surface area contributed by atoms with E-state index in [9.17, 15) is 5.11 Å². The summed E-state index contributed by atoms with van der Waals surface area (Å²) < 4.78 is 2.19. The van der Waals surface area contributed by atoms with Gasteiger partial charge in [0.05, 0.1) is 0 Å². The van der Waals surface area contributed by atoms with Crippen LogP contribution >= 0.6 is 0 Å². The third-order valence-corrected chi connectivity index (χ3v) is 4.28. The number of nitrogens with zero attached hydrogens (tertiary/aromatic N) is 3. The average Bonchev–Trinajstić information content (AvgIpc) is 2.89. The van der Waals surface area contributed by atoms with Gasteiger partial charge in [0.2, 0.25) is 0 Å². The Kier molecular flexibility index (Phi) is 3.57. The number of fused-ring (bicyclic) bond motifs is 1. The van der Waals surface area contributed by atoms with Crippen LogP contribution in [0.25, 0.3) is 11.4 Å². The minimum atomic E-state index is 0.0635. The Labute approximate surface area is 125 Å². The summed E-state index contributed by atoms with van der Waals surface area (Å²) in [5.74, 6) is 2.29. The molecule has 0 saturated heterocycles. The van der Waals surface area contributed by atoms with E-state index in [1.165, 1.54) is 5.56 Å². The second-order valence-electron chi connectivity index (χ2n) is 6.93. The number of aromatic nitrogens is 3. The quantitative estimate of drug-likeness (QED) is 0.923.